The number of ether oxygens (including phenoxy) is 2. The fourth-order valence-corrected chi connectivity index (χ4v) is 3.06. The maximum Gasteiger partial charge on any atom is 0.454 e. The lowest BCUT2D eigenvalue weighted by Gasteiger charge is -2.15. The molecule has 1 saturated heterocycles. The van der Waals surface area contributed by atoms with Gasteiger partial charge in [-0.1, -0.05) is 31.2 Å². The molecule has 25 heavy (non-hydrogen) atoms. The quantitative estimate of drug-likeness (QED) is 0.808. The molecular weight excluding hydrogens is 322 g/mol. The van der Waals surface area contributed by atoms with E-state index >= 15 is 4.39 Å². The minimum absolute atomic E-state index is 0.118. The lowest BCUT2D eigenvalue weighted by molar-refractivity contribution is 0.280. The molecule has 0 saturated carbocycles. The van der Waals surface area contributed by atoms with Crippen molar-refractivity contribution in [3.8, 4) is 22.6 Å². The Balaban J connectivity index is 1.96. The third-order valence-corrected chi connectivity index (χ3v) is 4.38. The lowest BCUT2D eigenvalue weighted by Crippen LogP contribution is -2.07. The summed E-state index contributed by atoms with van der Waals surface area (Å²) < 4.78 is 31.0. The third-order valence-electron chi connectivity index (χ3n) is 4.38. The highest BCUT2D eigenvalue weighted by Crippen LogP contribution is 2.38. The fraction of sp³-hybridized carbons (Fsp3) is 0.368. The van der Waals surface area contributed by atoms with Crippen molar-refractivity contribution in [2.45, 2.75) is 25.6 Å². The topological polar surface area (TPSA) is 47.9 Å². The van der Waals surface area contributed by atoms with Gasteiger partial charge in [-0.05, 0) is 36.0 Å². The summed E-state index contributed by atoms with van der Waals surface area (Å²) in [6.07, 6.45) is 1.34. The van der Waals surface area contributed by atoms with Gasteiger partial charge in [-0.3, -0.25) is 0 Å². The van der Waals surface area contributed by atoms with Crippen molar-refractivity contribution < 1.29 is 23.5 Å². The first-order valence-corrected chi connectivity index (χ1v) is 8.53. The molecule has 0 amide bonds. The van der Waals surface area contributed by atoms with Crippen LogP contribution in [0.5, 0.6) is 11.5 Å². The smallest absolute Gasteiger partial charge is 0.454 e. The van der Waals surface area contributed by atoms with Crippen molar-refractivity contribution in [1.29, 1.82) is 0 Å². The van der Waals surface area contributed by atoms with Gasteiger partial charge in [0.25, 0.3) is 0 Å². The molecular formula is C19H22BFO4. The minimum Gasteiger partial charge on any atom is -0.493 e. The van der Waals surface area contributed by atoms with Crippen molar-refractivity contribution in [1.82, 2.24) is 0 Å². The van der Waals surface area contributed by atoms with Crippen molar-refractivity contribution in [3.63, 3.8) is 0 Å². The Labute approximate surface area is 147 Å². The maximum atomic E-state index is 15.0. The number of benzene rings is 2. The average molecular weight is 344 g/mol. The number of hydrogen-bond acceptors (Lipinski definition) is 4. The van der Waals surface area contributed by atoms with Crippen LogP contribution in [-0.4, -0.2) is 32.5 Å². The second-order valence-electron chi connectivity index (χ2n) is 6.15. The molecule has 1 aliphatic rings. The second kappa shape index (κ2) is 7.89. The van der Waals surface area contributed by atoms with Crippen LogP contribution in [0.1, 0.15) is 24.8 Å². The number of halogens is 1. The first-order chi connectivity index (χ1) is 12.1. The Morgan fingerprint density at radius 3 is 2.84 bits per heavy atom. The van der Waals surface area contributed by atoms with Crippen LogP contribution >= 0.6 is 0 Å². The Kier molecular flexibility index (Phi) is 5.61. The van der Waals surface area contributed by atoms with Crippen molar-refractivity contribution in [3.05, 3.63) is 47.8 Å². The molecule has 3 rings (SSSR count). The molecule has 1 atom stereocenters. The maximum absolute atomic E-state index is 15.0. The zero-order chi connectivity index (χ0) is 17.8. The molecule has 132 valence electrons. The molecule has 1 unspecified atom stereocenters. The van der Waals surface area contributed by atoms with E-state index in [9.17, 15) is 5.02 Å². The first kappa shape index (κ1) is 17.8. The van der Waals surface area contributed by atoms with Crippen LogP contribution in [0.4, 0.5) is 4.39 Å². The van der Waals surface area contributed by atoms with E-state index in [4.69, 9.17) is 14.1 Å². The molecule has 2 aromatic rings. The minimum atomic E-state index is -0.722. The molecule has 1 N–H and O–H groups in total. The molecule has 0 aromatic heterocycles. The van der Waals surface area contributed by atoms with Gasteiger partial charge in [-0.2, -0.15) is 0 Å². The molecule has 1 aliphatic heterocycles. The second-order valence-corrected chi connectivity index (χ2v) is 6.15. The predicted octanol–water partition coefficient (Wildman–Crippen LogP) is 3.88. The van der Waals surface area contributed by atoms with E-state index in [0.717, 1.165) is 17.5 Å². The zero-order valence-corrected chi connectivity index (χ0v) is 14.5. The van der Waals surface area contributed by atoms with Gasteiger partial charge in [0.15, 0.2) is 17.3 Å². The average Bonchev–Trinajstić information content (AvgIpc) is 3.07. The summed E-state index contributed by atoms with van der Waals surface area (Å²) in [4.78, 5) is 0. The highest BCUT2D eigenvalue weighted by Gasteiger charge is 2.30. The molecule has 6 heteroatoms. The molecule has 1 fully saturated rings. The van der Waals surface area contributed by atoms with Crippen molar-refractivity contribution >= 4 is 7.12 Å². The van der Waals surface area contributed by atoms with Gasteiger partial charge < -0.3 is 19.2 Å². The van der Waals surface area contributed by atoms with E-state index in [-0.39, 0.29) is 11.7 Å². The first-order valence-electron chi connectivity index (χ1n) is 8.53. The Bertz CT molecular complexity index is 737. The van der Waals surface area contributed by atoms with E-state index in [2.05, 4.69) is 0 Å². The van der Waals surface area contributed by atoms with E-state index < -0.39 is 12.9 Å². The van der Waals surface area contributed by atoms with Crippen LogP contribution in [0.25, 0.3) is 11.1 Å². The Morgan fingerprint density at radius 1 is 1.32 bits per heavy atom. The van der Waals surface area contributed by atoms with Crippen LogP contribution in [0, 0.1) is 5.82 Å². The SMILES string of the molecule is CCCOc1c(OC)ccc(-c2cccc(C3COB(O)C3)c2)c1F. The van der Waals surface area contributed by atoms with Crippen molar-refractivity contribution in [2.24, 2.45) is 0 Å². The number of hydrogen-bond donors (Lipinski definition) is 1. The summed E-state index contributed by atoms with van der Waals surface area (Å²) in [5.41, 5.74) is 2.26. The van der Waals surface area contributed by atoms with E-state index in [0.29, 0.717) is 30.8 Å². The molecule has 0 aliphatic carbocycles. The summed E-state index contributed by atoms with van der Waals surface area (Å²) in [7, 11) is 0.777. The summed E-state index contributed by atoms with van der Waals surface area (Å²) in [5.74, 6) is 0.227. The third kappa shape index (κ3) is 3.80. The molecule has 2 aromatic carbocycles. The zero-order valence-electron chi connectivity index (χ0n) is 14.5. The van der Waals surface area contributed by atoms with Gasteiger partial charge in [0.2, 0.25) is 0 Å². The predicted molar refractivity (Wildman–Crippen MR) is 95.6 cm³/mol. The molecule has 4 nitrogen and oxygen atoms in total. The Hall–Kier alpha value is -2.05. The van der Waals surface area contributed by atoms with Gasteiger partial charge >= 0.3 is 7.12 Å². The molecule has 0 bridgehead atoms. The van der Waals surface area contributed by atoms with Crippen LogP contribution in [0.15, 0.2) is 36.4 Å². The lowest BCUT2D eigenvalue weighted by atomic mass is 9.79. The summed E-state index contributed by atoms with van der Waals surface area (Å²) in [5, 5.41) is 9.56. The van der Waals surface area contributed by atoms with Crippen LogP contribution in [0.3, 0.4) is 0 Å². The van der Waals surface area contributed by atoms with E-state index in [1.807, 2.05) is 31.2 Å². The summed E-state index contributed by atoms with van der Waals surface area (Å²) in [6, 6.07) is 11.1. The van der Waals surface area contributed by atoms with Crippen LogP contribution in [0.2, 0.25) is 6.32 Å². The number of rotatable bonds is 6. The highest BCUT2D eigenvalue weighted by molar-refractivity contribution is 6.43. The van der Waals surface area contributed by atoms with Crippen molar-refractivity contribution in [2.75, 3.05) is 20.3 Å². The summed E-state index contributed by atoms with van der Waals surface area (Å²) >= 11 is 0. The summed E-state index contributed by atoms with van der Waals surface area (Å²) in [6.45, 7) is 2.87. The van der Waals surface area contributed by atoms with Gasteiger partial charge in [-0.25, -0.2) is 4.39 Å². The fourth-order valence-electron chi connectivity index (χ4n) is 3.06. The standard InChI is InChI=1S/C19H22BFO4/c1-3-9-24-19-17(23-2)8-7-16(18(19)21)14-6-4-5-13(10-14)15-11-20(22)25-12-15/h4-8,10,15,22H,3,9,11-12H2,1-2H3. The van der Waals surface area contributed by atoms with E-state index in [1.165, 1.54) is 7.11 Å². The Morgan fingerprint density at radius 2 is 2.16 bits per heavy atom. The number of methoxy groups -OCH3 is 1. The molecule has 1 heterocycles. The molecule has 0 spiro atoms. The highest BCUT2D eigenvalue weighted by atomic mass is 19.1. The monoisotopic (exact) mass is 344 g/mol. The largest absolute Gasteiger partial charge is 0.493 e. The van der Waals surface area contributed by atoms with Gasteiger partial charge in [-0.15, -0.1) is 0 Å². The van der Waals surface area contributed by atoms with Gasteiger partial charge in [0, 0.05) is 18.1 Å². The van der Waals surface area contributed by atoms with E-state index in [1.54, 1.807) is 12.1 Å². The van der Waals surface area contributed by atoms with Gasteiger partial charge in [0.05, 0.1) is 13.7 Å². The van der Waals surface area contributed by atoms with Crippen LogP contribution < -0.4 is 9.47 Å². The van der Waals surface area contributed by atoms with Gasteiger partial charge in [0.1, 0.15) is 0 Å². The van der Waals surface area contributed by atoms with Crippen LogP contribution in [-0.2, 0) is 4.65 Å². The molecule has 0 radical (unpaired) electrons. The normalized spacial score (nSPS) is 17.0.